The van der Waals surface area contributed by atoms with Crippen molar-refractivity contribution in [3.8, 4) is 5.75 Å². The second kappa shape index (κ2) is 6.45. The lowest BCUT2D eigenvalue weighted by atomic mass is 10.1. The maximum Gasteiger partial charge on any atom is 0.254 e. The number of nitrogens with zero attached hydrogens (tertiary/aromatic N) is 2. The van der Waals surface area contributed by atoms with Crippen LogP contribution in [0.25, 0.3) is 0 Å². The Morgan fingerprint density at radius 2 is 1.95 bits per heavy atom. The Hall–Kier alpha value is -2.28. The van der Waals surface area contributed by atoms with Gasteiger partial charge >= 0.3 is 0 Å². The molecule has 0 aromatic heterocycles. The van der Waals surface area contributed by atoms with Gasteiger partial charge in [0.1, 0.15) is 5.75 Å². The molecule has 7 heteroatoms. The van der Waals surface area contributed by atoms with Crippen molar-refractivity contribution in [1.82, 2.24) is 9.80 Å². The minimum Gasteiger partial charge on any atom is -0.506 e. The predicted octanol–water partition coefficient (Wildman–Crippen LogP) is -0.392. The fourth-order valence-electron chi connectivity index (χ4n) is 2.41. The molecular weight excluding hydrogens is 272 g/mol. The van der Waals surface area contributed by atoms with Crippen LogP contribution < -0.4 is 11.5 Å². The molecule has 7 nitrogen and oxygen atoms in total. The Balaban J connectivity index is 2.02. The number of benzene rings is 1. The number of nitrogens with two attached hydrogens (primary N) is 2. The van der Waals surface area contributed by atoms with Crippen molar-refractivity contribution in [2.75, 3.05) is 38.5 Å². The third-order valence-electron chi connectivity index (χ3n) is 3.53. The van der Waals surface area contributed by atoms with Gasteiger partial charge in [-0.3, -0.25) is 14.5 Å². The Morgan fingerprint density at radius 3 is 2.62 bits per heavy atom. The number of aromatic hydroxyl groups is 1. The highest BCUT2D eigenvalue weighted by Crippen LogP contribution is 2.21. The standard InChI is InChI=1S/C14H20N4O3/c15-11-3-2-10(8-12(11)19)14(21)18-5-1-4-17(6-7-18)9-13(16)20/h2-3,8,19H,1,4-7,9,15H2,(H2,16,20). The molecule has 21 heavy (non-hydrogen) atoms. The first-order valence-electron chi connectivity index (χ1n) is 6.86. The van der Waals surface area contributed by atoms with Crippen molar-refractivity contribution in [1.29, 1.82) is 0 Å². The molecule has 114 valence electrons. The maximum absolute atomic E-state index is 12.4. The highest BCUT2D eigenvalue weighted by molar-refractivity contribution is 5.95. The number of amides is 2. The molecule has 2 rings (SSSR count). The second-order valence-corrected chi connectivity index (χ2v) is 5.16. The molecule has 1 heterocycles. The number of anilines is 1. The van der Waals surface area contributed by atoms with Crippen molar-refractivity contribution < 1.29 is 14.7 Å². The van der Waals surface area contributed by atoms with Gasteiger partial charge in [0.25, 0.3) is 5.91 Å². The van der Waals surface area contributed by atoms with Crippen molar-refractivity contribution in [3.05, 3.63) is 23.8 Å². The third kappa shape index (κ3) is 3.85. The van der Waals surface area contributed by atoms with E-state index in [0.717, 1.165) is 13.0 Å². The van der Waals surface area contributed by atoms with Gasteiger partial charge in [0.2, 0.25) is 5.91 Å². The first-order chi connectivity index (χ1) is 9.97. The Morgan fingerprint density at radius 1 is 1.19 bits per heavy atom. The zero-order chi connectivity index (χ0) is 15.4. The van der Waals surface area contributed by atoms with Crippen molar-refractivity contribution >= 4 is 17.5 Å². The second-order valence-electron chi connectivity index (χ2n) is 5.16. The van der Waals surface area contributed by atoms with E-state index in [1.165, 1.54) is 12.1 Å². The number of primary amides is 1. The smallest absolute Gasteiger partial charge is 0.254 e. The van der Waals surface area contributed by atoms with Crippen LogP contribution in [0.15, 0.2) is 18.2 Å². The average molecular weight is 292 g/mol. The summed E-state index contributed by atoms with van der Waals surface area (Å²) in [5, 5.41) is 9.59. The van der Waals surface area contributed by atoms with Crippen LogP contribution in [0.5, 0.6) is 5.75 Å². The molecule has 0 bridgehead atoms. The van der Waals surface area contributed by atoms with Crippen LogP contribution in [0, 0.1) is 0 Å². The SMILES string of the molecule is NC(=O)CN1CCCN(C(=O)c2ccc(N)c(O)c2)CC1. The first-order valence-corrected chi connectivity index (χ1v) is 6.86. The molecule has 1 aromatic rings. The van der Waals surface area contributed by atoms with E-state index >= 15 is 0 Å². The van der Waals surface area contributed by atoms with Gasteiger partial charge in [0.15, 0.2) is 0 Å². The summed E-state index contributed by atoms with van der Waals surface area (Å²) in [6.07, 6.45) is 0.778. The average Bonchev–Trinajstić information content (AvgIpc) is 2.66. The van der Waals surface area contributed by atoms with E-state index in [0.29, 0.717) is 25.2 Å². The van der Waals surface area contributed by atoms with Gasteiger partial charge in [-0.1, -0.05) is 0 Å². The van der Waals surface area contributed by atoms with E-state index in [4.69, 9.17) is 11.5 Å². The Labute approximate surface area is 123 Å². The van der Waals surface area contributed by atoms with Crippen LogP contribution in [-0.2, 0) is 4.79 Å². The molecule has 0 unspecified atom stereocenters. The van der Waals surface area contributed by atoms with Crippen LogP contribution in [0.2, 0.25) is 0 Å². The van der Waals surface area contributed by atoms with Gasteiger partial charge in [0, 0.05) is 31.7 Å². The van der Waals surface area contributed by atoms with Crippen LogP contribution in [-0.4, -0.2) is 59.4 Å². The minimum atomic E-state index is -0.363. The van der Waals surface area contributed by atoms with Gasteiger partial charge in [-0.05, 0) is 24.6 Å². The van der Waals surface area contributed by atoms with Gasteiger partial charge in [-0.2, -0.15) is 0 Å². The summed E-state index contributed by atoms with van der Waals surface area (Å²) in [5.74, 6) is -0.601. The molecule has 0 aliphatic carbocycles. The van der Waals surface area contributed by atoms with Crippen molar-refractivity contribution in [2.45, 2.75) is 6.42 Å². The van der Waals surface area contributed by atoms with Crippen LogP contribution in [0.4, 0.5) is 5.69 Å². The number of phenols is 1. The molecule has 0 saturated carbocycles. The number of phenolic OH excluding ortho intramolecular Hbond substituents is 1. The van der Waals surface area contributed by atoms with E-state index in [2.05, 4.69) is 0 Å². The molecule has 1 saturated heterocycles. The largest absolute Gasteiger partial charge is 0.506 e. The van der Waals surface area contributed by atoms with E-state index < -0.39 is 0 Å². The van der Waals surface area contributed by atoms with Crippen molar-refractivity contribution in [2.24, 2.45) is 5.73 Å². The molecule has 1 fully saturated rings. The molecule has 0 radical (unpaired) electrons. The van der Waals surface area contributed by atoms with Gasteiger partial charge in [-0.25, -0.2) is 0 Å². The summed E-state index contributed by atoms with van der Waals surface area (Å²) in [5.41, 5.74) is 11.4. The lowest BCUT2D eigenvalue weighted by Crippen LogP contribution is -2.38. The minimum absolute atomic E-state index is 0.0916. The lowest BCUT2D eigenvalue weighted by Gasteiger charge is -2.21. The molecule has 5 N–H and O–H groups in total. The topological polar surface area (TPSA) is 113 Å². The zero-order valence-electron chi connectivity index (χ0n) is 11.8. The lowest BCUT2D eigenvalue weighted by molar-refractivity contribution is -0.119. The summed E-state index contributed by atoms with van der Waals surface area (Å²) < 4.78 is 0. The number of hydrogen-bond acceptors (Lipinski definition) is 5. The summed E-state index contributed by atoms with van der Waals surface area (Å²) in [6.45, 7) is 2.69. The number of hydrogen-bond donors (Lipinski definition) is 3. The first kappa shape index (κ1) is 15.1. The summed E-state index contributed by atoms with van der Waals surface area (Å²) in [7, 11) is 0. The normalized spacial score (nSPS) is 16.5. The molecule has 0 spiro atoms. The number of carbonyl (C=O) groups excluding carboxylic acids is 2. The van der Waals surface area contributed by atoms with Gasteiger partial charge < -0.3 is 21.5 Å². The van der Waals surface area contributed by atoms with Crippen molar-refractivity contribution in [3.63, 3.8) is 0 Å². The summed E-state index contributed by atoms with van der Waals surface area (Å²) in [4.78, 5) is 27.0. The Kier molecular flexibility index (Phi) is 4.64. The highest BCUT2D eigenvalue weighted by atomic mass is 16.3. The van der Waals surface area contributed by atoms with Gasteiger partial charge in [0.05, 0.1) is 12.2 Å². The molecule has 1 aliphatic rings. The quantitative estimate of drug-likeness (QED) is 0.518. The van der Waals surface area contributed by atoms with E-state index in [-0.39, 0.29) is 29.8 Å². The number of carbonyl (C=O) groups is 2. The van der Waals surface area contributed by atoms with Crippen LogP contribution >= 0.6 is 0 Å². The Bertz CT molecular complexity index is 547. The zero-order valence-corrected chi connectivity index (χ0v) is 11.8. The van der Waals surface area contributed by atoms with Crippen LogP contribution in [0.1, 0.15) is 16.8 Å². The maximum atomic E-state index is 12.4. The van der Waals surface area contributed by atoms with E-state index in [9.17, 15) is 14.7 Å². The molecule has 2 amide bonds. The monoisotopic (exact) mass is 292 g/mol. The summed E-state index contributed by atoms with van der Waals surface area (Å²) >= 11 is 0. The summed E-state index contributed by atoms with van der Waals surface area (Å²) in [6, 6.07) is 4.49. The van der Waals surface area contributed by atoms with E-state index in [1.54, 1.807) is 11.0 Å². The molecular formula is C14H20N4O3. The predicted molar refractivity (Wildman–Crippen MR) is 78.7 cm³/mol. The number of nitrogen functional groups attached to an aromatic ring is 1. The number of rotatable bonds is 3. The fourth-order valence-corrected chi connectivity index (χ4v) is 2.41. The van der Waals surface area contributed by atoms with E-state index in [1.807, 2.05) is 4.90 Å². The van der Waals surface area contributed by atoms with Gasteiger partial charge in [-0.15, -0.1) is 0 Å². The fraction of sp³-hybridized carbons (Fsp3) is 0.429. The molecule has 1 aliphatic heterocycles. The molecule has 0 atom stereocenters. The van der Waals surface area contributed by atoms with Crippen LogP contribution in [0.3, 0.4) is 0 Å². The third-order valence-corrected chi connectivity index (χ3v) is 3.53. The molecule has 1 aromatic carbocycles. The highest BCUT2D eigenvalue weighted by Gasteiger charge is 2.21.